The van der Waals surface area contributed by atoms with Gasteiger partial charge in [0.1, 0.15) is 5.82 Å². The maximum atomic E-state index is 13.8. The van der Waals surface area contributed by atoms with Crippen LogP contribution in [-0.4, -0.2) is 61.0 Å². The van der Waals surface area contributed by atoms with Crippen LogP contribution < -0.4 is 5.32 Å². The molecule has 0 atom stereocenters. The second kappa shape index (κ2) is 7.62. The van der Waals surface area contributed by atoms with E-state index in [1.807, 2.05) is 0 Å². The third-order valence-electron chi connectivity index (χ3n) is 5.65. The Balaban J connectivity index is 1.68. The summed E-state index contributed by atoms with van der Waals surface area (Å²) in [7, 11) is 2.16. The van der Waals surface area contributed by atoms with Gasteiger partial charge >= 0.3 is 0 Å². The van der Waals surface area contributed by atoms with Crippen molar-refractivity contribution < 1.29 is 9.18 Å². The maximum absolute atomic E-state index is 13.8. The largest absolute Gasteiger partial charge is 0.350 e. The minimum atomic E-state index is -0.452. The van der Waals surface area contributed by atoms with Gasteiger partial charge in [0.25, 0.3) is 5.91 Å². The molecule has 0 bridgehead atoms. The number of nitrogens with one attached hydrogen (secondary N) is 1. The van der Waals surface area contributed by atoms with E-state index in [-0.39, 0.29) is 17.0 Å². The fraction of sp³-hybridized carbons (Fsp3) is 0.632. The van der Waals surface area contributed by atoms with E-state index in [1.54, 1.807) is 18.2 Å². The summed E-state index contributed by atoms with van der Waals surface area (Å²) < 4.78 is 13.8. The standard InChI is InChI=1S/C19H28FN3O/c1-22-11-13-23(14-12-22)19(9-5-2-6-10-19)15-21-18(24)16-7-3-4-8-17(16)20/h3-4,7-8H,2,5-6,9-15H2,1H3,(H,21,24). The van der Waals surface area contributed by atoms with Gasteiger partial charge in [0.2, 0.25) is 0 Å². The number of piperazine rings is 1. The number of carbonyl (C=O) groups is 1. The van der Waals surface area contributed by atoms with E-state index in [9.17, 15) is 9.18 Å². The van der Waals surface area contributed by atoms with Gasteiger partial charge < -0.3 is 10.2 Å². The van der Waals surface area contributed by atoms with Crippen molar-refractivity contribution in [3.63, 3.8) is 0 Å². The predicted octanol–water partition coefficient (Wildman–Crippen LogP) is 2.51. The highest BCUT2D eigenvalue weighted by Crippen LogP contribution is 2.34. The lowest BCUT2D eigenvalue weighted by Crippen LogP contribution is -2.61. The van der Waals surface area contributed by atoms with Crippen molar-refractivity contribution in [1.29, 1.82) is 0 Å². The average Bonchev–Trinajstić information content (AvgIpc) is 2.61. The quantitative estimate of drug-likeness (QED) is 0.920. The van der Waals surface area contributed by atoms with Crippen LogP contribution in [0.2, 0.25) is 0 Å². The molecule has 1 aromatic rings. The zero-order valence-corrected chi connectivity index (χ0v) is 14.6. The van der Waals surface area contributed by atoms with Crippen LogP contribution in [0.4, 0.5) is 4.39 Å². The minimum absolute atomic E-state index is 0.0421. The van der Waals surface area contributed by atoms with Crippen LogP contribution in [0, 0.1) is 5.82 Å². The molecular weight excluding hydrogens is 305 g/mol. The summed E-state index contributed by atoms with van der Waals surface area (Å²) in [6.45, 7) is 4.86. The number of carbonyl (C=O) groups excluding carboxylic acids is 1. The van der Waals surface area contributed by atoms with Gasteiger partial charge in [0.05, 0.1) is 5.56 Å². The van der Waals surface area contributed by atoms with E-state index in [1.165, 1.54) is 25.3 Å². The molecule has 1 aromatic carbocycles. The molecule has 2 aliphatic rings. The first-order valence-corrected chi connectivity index (χ1v) is 9.07. The molecule has 0 radical (unpaired) electrons. The summed E-state index contributed by atoms with van der Waals surface area (Å²) in [5, 5.41) is 3.02. The van der Waals surface area contributed by atoms with Gasteiger partial charge in [0, 0.05) is 38.3 Å². The summed E-state index contributed by atoms with van der Waals surface area (Å²) in [5.41, 5.74) is 0.183. The Morgan fingerprint density at radius 1 is 1.12 bits per heavy atom. The van der Waals surface area contributed by atoms with Crippen molar-refractivity contribution in [2.24, 2.45) is 0 Å². The van der Waals surface area contributed by atoms with E-state index in [0.29, 0.717) is 6.54 Å². The Hall–Kier alpha value is -1.46. The van der Waals surface area contributed by atoms with Gasteiger partial charge in [-0.05, 0) is 32.0 Å². The summed E-state index contributed by atoms with van der Waals surface area (Å²) in [6.07, 6.45) is 5.93. The molecule has 1 N–H and O–H groups in total. The molecule has 24 heavy (non-hydrogen) atoms. The third-order valence-corrected chi connectivity index (χ3v) is 5.65. The molecule has 0 spiro atoms. The van der Waals surface area contributed by atoms with Gasteiger partial charge in [0.15, 0.2) is 0 Å². The summed E-state index contributed by atoms with van der Waals surface area (Å²) >= 11 is 0. The van der Waals surface area contributed by atoms with Crippen LogP contribution in [-0.2, 0) is 0 Å². The van der Waals surface area contributed by atoms with Gasteiger partial charge in [-0.25, -0.2) is 4.39 Å². The van der Waals surface area contributed by atoms with Gasteiger partial charge in [-0.15, -0.1) is 0 Å². The SMILES string of the molecule is CN1CCN(C2(CNC(=O)c3ccccc3F)CCCCC2)CC1. The highest BCUT2D eigenvalue weighted by atomic mass is 19.1. The topological polar surface area (TPSA) is 35.6 Å². The summed E-state index contributed by atoms with van der Waals surface area (Å²) in [6, 6.07) is 6.20. The Morgan fingerprint density at radius 3 is 2.46 bits per heavy atom. The van der Waals surface area contributed by atoms with Crippen molar-refractivity contribution in [3.8, 4) is 0 Å². The first-order valence-electron chi connectivity index (χ1n) is 9.07. The van der Waals surface area contributed by atoms with Crippen LogP contribution in [0.5, 0.6) is 0 Å². The monoisotopic (exact) mass is 333 g/mol. The molecule has 0 aromatic heterocycles. The molecule has 1 aliphatic carbocycles. The third kappa shape index (κ3) is 3.78. The van der Waals surface area contributed by atoms with E-state index >= 15 is 0 Å². The number of rotatable bonds is 4. The Bertz CT molecular complexity index is 563. The molecule has 2 fully saturated rings. The number of halogens is 1. The van der Waals surface area contributed by atoms with Crippen molar-refractivity contribution in [2.75, 3.05) is 39.8 Å². The van der Waals surface area contributed by atoms with Crippen LogP contribution in [0.1, 0.15) is 42.5 Å². The molecule has 1 saturated carbocycles. The van der Waals surface area contributed by atoms with Gasteiger partial charge in [-0.3, -0.25) is 9.69 Å². The van der Waals surface area contributed by atoms with Crippen LogP contribution in [0.3, 0.4) is 0 Å². The van der Waals surface area contributed by atoms with E-state index in [0.717, 1.165) is 39.0 Å². The van der Waals surface area contributed by atoms with Crippen LogP contribution in [0.25, 0.3) is 0 Å². The second-order valence-corrected chi connectivity index (χ2v) is 7.24. The first-order chi connectivity index (χ1) is 11.6. The van der Waals surface area contributed by atoms with Gasteiger partial charge in [-0.2, -0.15) is 0 Å². The Morgan fingerprint density at radius 2 is 1.79 bits per heavy atom. The molecule has 4 nitrogen and oxygen atoms in total. The van der Waals surface area contributed by atoms with Gasteiger partial charge in [-0.1, -0.05) is 31.4 Å². The number of likely N-dealkylation sites (N-methyl/N-ethyl adjacent to an activating group) is 1. The smallest absolute Gasteiger partial charge is 0.254 e. The molecule has 1 aliphatic heterocycles. The predicted molar refractivity (Wildman–Crippen MR) is 93.6 cm³/mol. The lowest BCUT2D eigenvalue weighted by Gasteiger charge is -2.49. The number of benzene rings is 1. The average molecular weight is 333 g/mol. The summed E-state index contributed by atoms with van der Waals surface area (Å²) in [5.74, 6) is -0.750. The van der Waals surface area contributed by atoms with Crippen LogP contribution >= 0.6 is 0 Å². The molecule has 1 saturated heterocycles. The van der Waals surface area contributed by atoms with Crippen molar-refractivity contribution in [1.82, 2.24) is 15.1 Å². The highest BCUT2D eigenvalue weighted by Gasteiger charge is 2.39. The number of hydrogen-bond donors (Lipinski definition) is 1. The molecule has 1 heterocycles. The Kier molecular flexibility index (Phi) is 5.51. The zero-order chi connectivity index (χ0) is 17.0. The molecule has 0 unspecified atom stereocenters. The fourth-order valence-corrected chi connectivity index (χ4v) is 4.08. The normalized spacial score (nSPS) is 22.2. The molecule has 3 rings (SSSR count). The van der Waals surface area contributed by atoms with Crippen LogP contribution in [0.15, 0.2) is 24.3 Å². The number of hydrogen-bond acceptors (Lipinski definition) is 3. The highest BCUT2D eigenvalue weighted by molar-refractivity contribution is 5.94. The lowest BCUT2D eigenvalue weighted by molar-refractivity contribution is 0.0138. The van der Waals surface area contributed by atoms with E-state index in [4.69, 9.17) is 0 Å². The van der Waals surface area contributed by atoms with Crippen molar-refractivity contribution >= 4 is 5.91 Å². The van der Waals surface area contributed by atoms with E-state index in [2.05, 4.69) is 22.2 Å². The number of nitrogens with zero attached hydrogens (tertiary/aromatic N) is 2. The second-order valence-electron chi connectivity index (χ2n) is 7.24. The lowest BCUT2D eigenvalue weighted by atomic mass is 9.79. The molecule has 132 valence electrons. The first kappa shape index (κ1) is 17.4. The Labute approximate surface area is 144 Å². The maximum Gasteiger partial charge on any atom is 0.254 e. The zero-order valence-electron chi connectivity index (χ0n) is 14.6. The fourth-order valence-electron chi connectivity index (χ4n) is 4.08. The molecule has 5 heteroatoms. The molecule has 1 amide bonds. The number of amides is 1. The van der Waals surface area contributed by atoms with Crippen molar-refractivity contribution in [3.05, 3.63) is 35.6 Å². The van der Waals surface area contributed by atoms with Crippen molar-refractivity contribution in [2.45, 2.75) is 37.6 Å². The minimum Gasteiger partial charge on any atom is -0.350 e. The van der Waals surface area contributed by atoms with E-state index < -0.39 is 5.82 Å². The summed E-state index contributed by atoms with van der Waals surface area (Å²) in [4.78, 5) is 17.3. The molecular formula is C19H28FN3O.